The first-order valence-electron chi connectivity index (χ1n) is 10.8. The predicted octanol–water partition coefficient (Wildman–Crippen LogP) is 3.42. The molecule has 3 aromatic rings. The number of hydrogen-bond acceptors (Lipinski definition) is 6. The smallest absolute Gasteiger partial charge is 0.243 e. The fraction of sp³-hybridized carbons (Fsp3) is 0.348. The van der Waals surface area contributed by atoms with Crippen LogP contribution in [0.3, 0.4) is 0 Å². The first-order valence-corrected chi connectivity index (χ1v) is 13.2. The number of sulfonamides is 1. The average molecular weight is 486 g/mol. The average Bonchev–Trinajstić information content (AvgIpc) is 3.20. The summed E-state index contributed by atoms with van der Waals surface area (Å²) in [6, 6.07) is 16.2. The van der Waals surface area contributed by atoms with Gasteiger partial charge in [-0.15, -0.1) is 10.2 Å². The zero-order valence-electron chi connectivity index (χ0n) is 18.6. The highest BCUT2D eigenvalue weighted by Gasteiger charge is 2.33. The number of aromatic nitrogens is 3. The fourth-order valence-electron chi connectivity index (χ4n) is 3.88. The van der Waals surface area contributed by atoms with Gasteiger partial charge in [0.1, 0.15) is 5.82 Å². The number of hydrogen-bond donors (Lipinski definition) is 1. The maximum atomic E-state index is 13.0. The second kappa shape index (κ2) is 10.1. The molecule has 8 nitrogen and oxygen atoms in total. The highest BCUT2D eigenvalue weighted by molar-refractivity contribution is 7.99. The van der Waals surface area contributed by atoms with Crippen LogP contribution in [0.15, 0.2) is 64.6 Å². The van der Waals surface area contributed by atoms with Crippen molar-refractivity contribution in [2.45, 2.75) is 35.7 Å². The summed E-state index contributed by atoms with van der Waals surface area (Å²) < 4.78 is 29.5. The molecule has 0 aliphatic carbocycles. The first kappa shape index (κ1) is 23.5. The zero-order valence-corrected chi connectivity index (χ0v) is 20.3. The van der Waals surface area contributed by atoms with E-state index in [0.29, 0.717) is 23.1 Å². The summed E-state index contributed by atoms with van der Waals surface area (Å²) in [6.45, 7) is 2.85. The van der Waals surface area contributed by atoms with Crippen molar-refractivity contribution in [1.82, 2.24) is 19.1 Å². The number of nitrogens with zero attached hydrogens (tertiary/aromatic N) is 4. The van der Waals surface area contributed by atoms with Crippen LogP contribution in [0.25, 0.3) is 0 Å². The van der Waals surface area contributed by atoms with Crippen LogP contribution in [0.5, 0.6) is 0 Å². The van der Waals surface area contributed by atoms with Gasteiger partial charge in [-0.1, -0.05) is 47.7 Å². The van der Waals surface area contributed by atoms with Gasteiger partial charge in [0, 0.05) is 31.7 Å². The highest BCUT2D eigenvalue weighted by atomic mass is 32.2. The molecule has 1 aromatic heterocycles. The number of carbonyl (C=O) groups is 1. The summed E-state index contributed by atoms with van der Waals surface area (Å²) >= 11 is 1.31. The minimum absolute atomic E-state index is 0.0505. The van der Waals surface area contributed by atoms with Gasteiger partial charge in [-0.2, -0.15) is 4.31 Å². The van der Waals surface area contributed by atoms with Crippen molar-refractivity contribution in [1.29, 1.82) is 0 Å². The Hall–Kier alpha value is -2.69. The van der Waals surface area contributed by atoms with Gasteiger partial charge in [0.15, 0.2) is 5.16 Å². The molecule has 2 heterocycles. The Morgan fingerprint density at radius 3 is 2.58 bits per heavy atom. The largest absolute Gasteiger partial charge is 0.325 e. The Morgan fingerprint density at radius 1 is 1.12 bits per heavy atom. The maximum Gasteiger partial charge on any atom is 0.243 e. The van der Waals surface area contributed by atoms with E-state index in [1.807, 2.05) is 42.8 Å². The Morgan fingerprint density at radius 2 is 1.85 bits per heavy atom. The molecule has 2 aromatic carbocycles. The molecule has 1 aliphatic heterocycles. The second-order valence-electron chi connectivity index (χ2n) is 8.12. The van der Waals surface area contributed by atoms with Crippen molar-refractivity contribution < 1.29 is 13.2 Å². The molecule has 1 atom stereocenters. The molecule has 1 fully saturated rings. The van der Waals surface area contributed by atoms with Gasteiger partial charge in [0.25, 0.3) is 0 Å². The topological polar surface area (TPSA) is 97.2 Å². The van der Waals surface area contributed by atoms with E-state index in [1.165, 1.54) is 16.1 Å². The van der Waals surface area contributed by atoms with Gasteiger partial charge < -0.3 is 9.88 Å². The molecule has 1 N–H and O–H groups in total. The lowest BCUT2D eigenvalue weighted by atomic mass is 9.99. The maximum absolute atomic E-state index is 13.0. The van der Waals surface area contributed by atoms with Crippen LogP contribution in [-0.4, -0.2) is 52.2 Å². The molecule has 1 saturated heterocycles. The van der Waals surface area contributed by atoms with Crippen molar-refractivity contribution in [3.8, 4) is 0 Å². The Labute approximate surface area is 198 Å². The van der Waals surface area contributed by atoms with Gasteiger partial charge >= 0.3 is 0 Å². The second-order valence-corrected chi connectivity index (χ2v) is 11.0. The summed E-state index contributed by atoms with van der Waals surface area (Å²) in [5.41, 5.74) is 1.89. The fourth-order valence-corrected chi connectivity index (χ4v) is 6.15. The summed E-state index contributed by atoms with van der Waals surface area (Å²) in [7, 11) is -1.68. The molecule has 1 amide bonds. The monoisotopic (exact) mass is 485 g/mol. The van der Waals surface area contributed by atoms with Crippen molar-refractivity contribution in [3.05, 3.63) is 66.0 Å². The number of benzene rings is 2. The molecule has 1 unspecified atom stereocenters. The lowest BCUT2D eigenvalue weighted by molar-refractivity contribution is -0.113. The van der Waals surface area contributed by atoms with Crippen molar-refractivity contribution >= 4 is 33.4 Å². The van der Waals surface area contributed by atoms with E-state index in [9.17, 15) is 13.2 Å². The molecule has 33 heavy (non-hydrogen) atoms. The zero-order chi connectivity index (χ0) is 23.4. The number of aryl methyl sites for hydroxylation is 1. The SMILES string of the molecule is Cc1ccc(NC(=O)CSc2nnc(C3CCCN(S(=O)(=O)c4ccccc4)C3)n2C)cc1. The summed E-state index contributed by atoms with van der Waals surface area (Å²) in [4.78, 5) is 12.6. The number of thioether (sulfide) groups is 1. The van der Waals surface area contributed by atoms with E-state index in [4.69, 9.17) is 0 Å². The number of nitrogens with one attached hydrogen (secondary N) is 1. The third-order valence-corrected chi connectivity index (χ3v) is 8.57. The number of piperidine rings is 1. The molecule has 0 spiro atoms. The minimum Gasteiger partial charge on any atom is -0.325 e. The van der Waals surface area contributed by atoms with E-state index in [-0.39, 0.29) is 17.6 Å². The summed E-state index contributed by atoms with van der Waals surface area (Å²) in [5, 5.41) is 12.1. The minimum atomic E-state index is -3.55. The molecular weight excluding hydrogens is 458 g/mol. The lowest BCUT2D eigenvalue weighted by Crippen LogP contribution is -2.39. The molecule has 4 rings (SSSR count). The number of amides is 1. The van der Waals surface area contributed by atoms with Crippen LogP contribution < -0.4 is 5.32 Å². The highest BCUT2D eigenvalue weighted by Crippen LogP contribution is 2.30. The number of carbonyl (C=O) groups excluding carboxylic acids is 1. The van der Waals surface area contributed by atoms with E-state index in [2.05, 4.69) is 15.5 Å². The van der Waals surface area contributed by atoms with Crippen LogP contribution in [0, 0.1) is 6.92 Å². The van der Waals surface area contributed by atoms with Crippen LogP contribution >= 0.6 is 11.8 Å². The van der Waals surface area contributed by atoms with Crippen LogP contribution in [-0.2, 0) is 21.9 Å². The van der Waals surface area contributed by atoms with Gasteiger partial charge in [0.2, 0.25) is 15.9 Å². The number of rotatable bonds is 7. The van der Waals surface area contributed by atoms with Gasteiger partial charge in [-0.05, 0) is 44.0 Å². The summed E-state index contributed by atoms with van der Waals surface area (Å²) in [6.07, 6.45) is 1.59. The molecule has 174 valence electrons. The van der Waals surface area contributed by atoms with Gasteiger partial charge in [0.05, 0.1) is 10.6 Å². The normalized spacial score (nSPS) is 17.1. The molecule has 0 radical (unpaired) electrons. The van der Waals surface area contributed by atoms with Gasteiger partial charge in [-0.3, -0.25) is 4.79 Å². The predicted molar refractivity (Wildman–Crippen MR) is 129 cm³/mol. The number of anilines is 1. The van der Waals surface area contributed by atoms with E-state index in [0.717, 1.165) is 29.9 Å². The Balaban J connectivity index is 1.39. The Kier molecular flexibility index (Phi) is 7.16. The van der Waals surface area contributed by atoms with Crippen LogP contribution in [0.4, 0.5) is 5.69 Å². The van der Waals surface area contributed by atoms with Crippen molar-refractivity contribution in [3.63, 3.8) is 0 Å². The van der Waals surface area contributed by atoms with Gasteiger partial charge in [-0.25, -0.2) is 8.42 Å². The van der Waals surface area contributed by atoms with E-state index < -0.39 is 10.0 Å². The molecular formula is C23H27N5O3S2. The van der Waals surface area contributed by atoms with Crippen molar-refractivity contribution in [2.24, 2.45) is 7.05 Å². The molecule has 1 aliphatic rings. The Bertz CT molecular complexity index is 1210. The molecule has 0 bridgehead atoms. The third-order valence-electron chi connectivity index (χ3n) is 5.67. The van der Waals surface area contributed by atoms with E-state index >= 15 is 0 Å². The molecule has 0 saturated carbocycles. The van der Waals surface area contributed by atoms with E-state index in [1.54, 1.807) is 30.3 Å². The quantitative estimate of drug-likeness (QED) is 0.515. The van der Waals surface area contributed by atoms with Crippen LogP contribution in [0.2, 0.25) is 0 Å². The first-order chi connectivity index (χ1) is 15.8. The van der Waals surface area contributed by atoms with Crippen molar-refractivity contribution in [2.75, 3.05) is 24.2 Å². The van der Waals surface area contributed by atoms with Crippen LogP contribution in [0.1, 0.15) is 30.1 Å². The standard InChI is InChI=1S/C23H27N5O3S2/c1-17-10-12-19(13-11-17)24-21(29)16-32-23-26-25-22(27(23)2)18-7-6-14-28(15-18)33(30,31)20-8-4-3-5-9-20/h3-5,8-13,18H,6-7,14-16H2,1-2H3,(H,24,29). The summed E-state index contributed by atoms with van der Waals surface area (Å²) in [5.74, 6) is 0.778. The lowest BCUT2D eigenvalue weighted by Gasteiger charge is -2.31. The third kappa shape index (κ3) is 5.45. The molecule has 10 heteroatoms.